The molecule has 0 amide bonds. The third-order valence-corrected chi connectivity index (χ3v) is 3.20. The summed E-state index contributed by atoms with van der Waals surface area (Å²) in [6.45, 7) is 2.25. The van der Waals surface area contributed by atoms with Gasteiger partial charge in [0.25, 0.3) is 0 Å². The zero-order chi connectivity index (χ0) is 9.31. The molecule has 0 unspecified atom stereocenters. The molecule has 0 saturated heterocycles. The van der Waals surface area contributed by atoms with E-state index in [1.54, 1.807) is 12.1 Å². The summed E-state index contributed by atoms with van der Waals surface area (Å²) in [4.78, 5) is 0. The summed E-state index contributed by atoms with van der Waals surface area (Å²) in [6.07, 6.45) is 5.08. The van der Waals surface area contributed by atoms with E-state index in [1.165, 1.54) is 24.8 Å². The molecule has 0 nitrogen and oxygen atoms in total. The molecule has 1 aromatic rings. The lowest BCUT2D eigenvalue weighted by molar-refractivity contribution is 0.488. The monoisotopic (exact) mass is 178 g/mol. The molecule has 2 rings (SSSR count). The van der Waals surface area contributed by atoms with E-state index in [4.69, 9.17) is 0 Å². The van der Waals surface area contributed by atoms with Crippen LogP contribution in [0.4, 0.5) is 4.39 Å². The first-order valence-electron chi connectivity index (χ1n) is 4.99. The van der Waals surface area contributed by atoms with Gasteiger partial charge in [0.2, 0.25) is 0 Å². The van der Waals surface area contributed by atoms with Gasteiger partial charge in [-0.2, -0.15) is 0 Å². The molecule has 1 fully saturated rings. The lowest BCUT2D eigenvalue weighted by Crippen LogP contribution is -2.02. The number of benzene rings is 1. The molecule has 0 atom stereocenters. The average molecular weight is 178 g/mol. The fourth-order valence-electron chi connectivity index (χ4n) is 1.87. The lowest BCUT2D eigenvalue weighted by atomic mass is 9.94. The second-order valence-corrected chi connectivity index (χ2v) is 4.16. The van der Waals surface area contributed by atoms with Crippen LogP contribution in [0.15, 0.2) is 24.3 Å². The van der Waals surface area contributed by atoms with Gasteiger partial charge in [-0.25, -0.2) is 4.39 Å². The zero-order valence-electron chi connectivity index (χ0n) is 8.02. The summed E-state index contributed by atoms with van der Waals surface area (Å²) in [5, 5.41) is 0. The van der Waals surface area contributed by atoms with Gasteiger partial charge in [-0.3, -0.25) is 0 Å². The first-order valence-corrected chi connectivity index (χ1v) is 4.99. The highest BCUT2D eigenvalue weighted by Gasteiger charge is 2.40. The Balaban J connectivity index is 2.06. The molecule has 0 radical (unpaired) electrons. The maximum Gasteiger partial charge on any atom is 0.123 e. The standard InChI is InChI=1S/C12H15F/c1-2-12(7-8-12)9-10-3-5-11(13)6-4-10/h3-6H,2,7-9H2,1H3. The quantitative estimate of drug-likeness (QED) is 0.664. The Bertz CT molecular complexity index is 282. The third kappa shape index (κ3) is 1.90. The topological polar surface area (TPSA) is 0 Å². The average Bonchev–Trinajstić information content (AvgIpc) is 2.90. The molecule has 0 bridgehead atoms. The van der Waals surface area contributed by atoms with Crippen LogP contribution in [0.5, 0.6) is 0 Å². The molecule has 0 heterocycles. The van der Waals surface area contributed by atoms with E-state index in [2.05, 4.69) is 6.92 Å². The highest BCUT2D eigenvalue weighted by atomic mass is 19.1. The number of halogens is 1. The highest BCUT2D eigenvalue weighted by molar-refractivity contribution is 5.19. The predicted molar refractivity (Wildman–Crippen MR) is 52.1 cm³/mol. The van der Waals surface area contributed by atoms with Crippen LogP contribution in [-0.2, 0) is 6.42 Å². The molecule has 1 aliphatic carbocycles. The van der Waals surface area contributed by atoms with Crippen molar-refractivity contribution in [3.63, 3.8) is 0 Å². The van der Waals surface area contributed by atoms with Crippen molar-refractivity contribution in [3.05, 3.63) is 35.6 Å². The summed E-state index contributed by atoms with van der Waals surface area (Å²) in [7, 11) is 0. The molecular weight excluding hydrogens is 163 g/mol. The Kier molecular flexibility index (Phi) is 2.10. The minimum Gasteiger partial charge on any atom is -0.207 e. The van der Waals surface area contributed by atoms with E-state index in [0.717, 1.165) is 6.42 Å². The SMILES string of the molecule is CCC1(Cc2ccc(F)cc2)CC1. The number of hydrogen-bond acceptors (Lipinski definition) is 0. The van der Waals surface area contributed by atoms with Gasteiger partial charge in [0.1, 0.15) is 5.82 Å². The van der Waals surface area contributed by atoms with E-state index < -0.39 is 0 Å². The third-order valence-electron chi connectivity index (χ3n) is 3.20. The molecule has 0 aliphatic heterocycles. The minimum atomic E-state index is -0.134. The Morgan fingerprint density at radius 2 is 1.85 bits per heavy atom. The summed E-state index contributed by atoms with van der Waals surface area (Å²) in [6, 6.07) is 6.93. The first-order chi connectivity index (χ1) is 6.24. The van der Waals surface area contributed by atoms with Crippen LogP contribution >= 0.6 is 0 Å². The van der Waals surface area contributed by atoms with E-state index in [-0.39, 0.29) is 5.82 Å². The van der Waals surface area contributed by atoms with Crippen LogP contribution in [-0.4, -0.2) is 0 Å². The largest absolute Gasteiger partial charge is 0.207 e. The van der Waals surface area contributed by atoms with Gasteiger partial charge in [0.05, 0.1) is 0 Å². The summed E-state index contributed by atoms with van der Waals surface area (Å²) >= 11 is 0. The van der Waals surface area contributed by atoms with Gasteiger partial charge in [-0.1, -0.05) is 25.5 Å². The molecule has 1 aliphatic rings. The minimum absolute atomic E-state index is 0.134. The summed E-state index contributed by atoms with van der Waals surface area (Å²) in [5.41, 5.74) is 1.85. The lowest BCUT2D eigenvalue weighted by Gasteiger charge is -2.11. The summed E-state index contributed by atoms with van der Waals surface area (Å²) in [5.74, 6) is -0.134. The smallest absolute Gasteiger partial charge is 0.123 e. The molecule has 13 heavy (non-hydrogen) atoms. The van der Waals surface area contributed by atoms with Gasteiger partial charge in [-0.05, 0) is 42.4 Å². The zero-order valence-corrected chi connectivity index (χ0v) is 8.02. The second kappa shape index (κ2) is 3.13. The van der Waals surface area contributed by atoms with Crippen LogP contribution in [0.1, 0.15) is 31.7 Å². The van der Waals surface area contributed by atoms with Crippen LogP contribution in [0, 0.1) is 11.2 Å². The van der Waals surface area contributed by atoms with Gasteiger partial charge in [0.15, 0.2) is 0 Å². The van der Waals surface area contributed by atoms with Crippen molar-refractivity contribution in [1.82, 2.24) is 0 Å². The normalized spacial score (nSPS) is 18.6. The molecule has 1 saturated carbocycles. The van der Waals surface area contributed by atoms with Crippen molar-refractivity contribution in [2.75, 3.05) is 0 Å². The fourth-order valence-corrected chi connectivity index (χ4v) is 1.87. The van der Waals surface area contributed by atoms with E-state index in [9.17, 15) is 4.39 Å². The first kappa shape index (κ1) is 8.74. The summed E-state index contributed by atoms with van der Waals surface area (Å²) < 4.78 is 12.6. The van der Waals surface area contributed by atoms with Crippen LogP contribution < -0.4 is 0 Å². The maximum atomic E-state index is 12.6. The van der Waals surface area contributed by atoms with Crippen molar-refractivity contribution in [2.24, 2.45) is 5.41 Å². The van der Waals surface area contributed by atoms with Crippen molar-refractivity contribution in [1.29, 1.82) is 0 Å². The van der Waals surface area contributed by atoms with E-state index in [1.807, 2.05) is 12.1 Å². The Morgan fingerprint density at radius 1 is 1.23 bits per heavy atom. The van der Waals surface area contributed by atoms with Crippen LogP contribution in [0.25, 0.3) is 0 Å². The maximum absolute atomic E-state index is 12.6. The molecular formula is C12H15F. The predicted octanol–water partition coefficient (Wildman–Crippen LogP) is 3.56. The van der Waals surface area contributed by atoms with Gasteiger partial charge >= 0.3 is 0 Å². The van der Waals surface area contributed by atoms with Crippen LogP contribution in [0.3, 0.4) is 0 Å². The highest BCUT2D eigenvalue weighted by Crippen LogP contribution is 2.51. The second-order valence-electron chi connectivity index (χ2n) is 4.16. The Morgan fingerprint density at radius 3 is 2.31 bits per heavy atom. The molecule has 0 N–H and O–H groups in total. The molecule has 1 heteroatoms. The van der Waals surface area contributed by atoms with E-state index >= 15 is 0 Å². The van der Waals surface area contributed by atoms with Crippen molar-refractivity contribution >= 4 is 0 Å². The molecule has 0 aromatic heterocycles. The Labute approximate surface area is 78.8 Å². The van der Waals surface area contributed by atoms with Crippen molar-refractivity contribution in [3.8, 4) is 0 Å². The van der Waals surface area contributed by atoms with Crippen LogP contribution in [0.2, 0.25) is 0 Å². The Hall–Kier alpha value is -0.850. The van der Waals surface area contributed by atoms with Gasteiger partial charge in [0, 0.05) is 0 Å². The molecule has 70 valence electrons. The number of rotatable bonds is 3. The number of hydrogen-bond donors (Lipinski definition) is 0. The molecule has 0 spiro atoms. The van der Waals surface area contributed by atoms with Crippen molar-refractivity contribution < 1.29 is 4.39 Å². The fraction of sp³-hybridized carbons (Fsp3) is 0.500. The van der Waals surface area contributed by atoms with Crippen molar-refractivity contribution in [2.45, 2.75) is 32.6 Å². The van der Waals surface area contributed by atoms with Gasteiger partial charge < -0.3 is 0 Å². The molecule has 1 aromatic carbocycles. The van der Waals surface area contributed by atoms with E-state index in [0.29, 0.717) is 5.41 Å². The van der Waals surface area contributed by atoms with Gasteiger partial charge in [-0.15, -0.1) is 0 Å².